The van der Waals surface area contributed by atoms with Crippen molar-refractivity contribution in [1.82, 2.24) is 0 Å². The zero-order valence-electron chi connectivity index (χ0n) is 12.7. The van der Waals surface area contributed by atoms with E-state index in [9.17, 15) is 0 Å². The number of nitrogens with two attached hydrogens (primary N) is 1. The molecule has 0 bridgehead atoms. The fourth-order valence-electron chi connectivity index (χ4n) is 2.55. The van der Waals surface area contributed by atoms with Gasteiger partial charge in [0, 0.05) is 12.8 Å². The monoisotopic (exact) mass is 291 g/mol. The maximum absolute atomic E-state index is 5.94. The third-order valence-electron chi connectivity index (χ3n) is 3.61. The van der Waals surface area contributed by atoms with E-state index in [0.29, 0.717) is 32.3 Å². The zero-order chi connectivity index (χ0) is 14.9. The number of hydrogen-bond donors (Lipinski definition) is 2. The lowest BCUT2D eigenvalue weighted by Gasteiger charge is -2.19. The first kappa shape index (κ1) is 15.8. The highest BCUT2D eigenvalue weighted by Crippen LogP contribution is 2.27. The summed E-state index contributed by atoms with van der Waals surface area (Å²) in [6.45, 7) is 2.30. The van der Waals surface area contributed by atoms with E-state index in [1.807, 2.05) is 0 Å². The largest absolute Gasteiger partial charge is 0.382 e. The van der Waals surface area contributed by atoms with Gasteiger partial charge in [-0.15, -0.1) is 0 Å². The number of rotatable bonds is 7. The first-order valence-electron chi connectivity index (χ1n) is 7.55. The lowest BCUT2D eigenvalue weighted by atomic mass is 9.90. The second kappa shape index (κ2) is 8.64. The molecule has 0 radical (unpaired) electrons. The molecule has 0 unspecified atom stereocenters. The van der Waals surface area contributed by atoms with E-state index < -0.39 is 0 Å². The molecule has 1 aromatic carbocycles. The van der Waals surface area contributed by atoms with Crippen LogP contribution in [0.4, 0.5) is 5.69 Å². The van der Waals surface area contributed by atoms with Gasteiger partial charge in [-0.1, -0.05) is 12.1 Å². The first-order chi connectivity index (χ1) is 10.3. The molecule has 3 N–H and O–H groups in total. The van der Waals surface area contributed by atoms with Crippen LogP contribution in [0.1, 0.15) is 24.0 Å². The molecule has 5 nitrogen and oxygen atoms in total. The van der Waals surface area contributed by atoms with Crippen LogP contribution in [0, 0.1) is 0 Å². The van der Waals surface area contributed by atoms with Gasteiger partial charge in [-0.05, 0) is 42.9 Å². The molecule has 0 saturated heterocycles. The molecular weight excluding hydrogens is 266 g/mol. The second-order valence-corrected chi connectivity index (χ2v) is 5.15. The number of methoxy groups -OCH3 is 1. The number of aryl methyl sites for hydroxylation is 1. The van der Waals surface area contributed by atoms with Crippen molar-refractivity contribution < 1.29 is 9.47 Å². The molecule has 5 heteroatoms. The summed E-state index contributed by atoms with van der Waals surface area (Å²) in [5, 5.41) is 3.22. The molecular formula is C16H25N3O2. The normalized spacial score (nSPS) is 14.8. The standard InChI is InChI=1S/C16H25N3O2/c1-20-11-12-21-10-9-18-16(17)19-15-8-4-6-13-5-2-3-7-14(13)15/h4,6,8H,2-3,5,7,9-12H2,1H3,(H3,17,18,19). The molecule has 0 spiro atoms. The molecule has 0 heterocycles. The van der Waals surface area contributed by atoms with Gasteiger partial charge in [-0.2, -0.15) is 0 Å². The lowest BCUT2D eigenvalue weighted by Crippen LogP contribution is -2.24. The summed E-state index contributed by atoms with van der Waals surface area (Å²) in [4.78, 5) is 4.28. The Bertz CT molecular complexity index is 475. The number of aliphatic imine (C=N–C) groups is 1. The van der Waals surface area contributed by atoms with Gasteiger partial charge in [0.15, 0.2) is 5.96 Å². The van der Waals surface area contributed by atoms with Gasteiger partial charge in [0.25, 0.3) is 0 Å². The van der Waals surface area contributed by atoms with Crippen molar-refractivity contribution in [2.75, 3.05) is 38.8 Å². The average Bonchev–Trinajstić information content (AvgIpc) is 2.51. The Morgan fingerprint density at radius 2 is 2.10 bits per heavy atom. The summed E-state index contributed by atoms with van der Waals surface area (Å²) < 4.78 is 10.3. The molecule has 1 aromatic rings. The Hall–Kier alpha value is -1.59. The van der Waals surface area contributed by atoms with E-state index in [2.05, 4.69) is 28.5 Å². The molecule has 0 saturated carbocycles. The number of nitrogens with zero attached hydrogens (tertiary/aromatic N) is 1. The highest BCUT2D eigenvalue weighted by Gasteiger charge is 2.12. The fourth-order valence-corrected chi connectivity index (χ4v) is 2.55. The van der Waals surface area contributed by atoms with E-state index in [1.165, 1.54) is 24.0 Å². The van der Waals surface area contributed by atoms with E-state index >= 15 is 0 Å². The van der Waals surface area contributed by atoms with Crippen molar-refractivity contribution in [3.8, 4) is 0 Å². The van der Waals surface area contributed by atoms with Crippen LogP contribution in [0.3, 0.4) is 0 Å². The molecule has 0 amide bonds. The molecule has 0 fully saturated rings. The van der Waals surface area contributed by atoms with Crippen molar-refractivity contribution in [1.29, 1.82) is 0 Å². The summed E-state index contributed by atoms with van der Waals surface area (Å²) in [5.41, 5.74) is 9.85. The zero-order valence-corrected chi connectivity index (χ0v) is 12.7. The van der Waals surface area contributed by atoms with E-state index in [1.54, 1.807) is 7.11 Å². The number of guanidine groups is 1. The summed E-state index contributed by atoms with van der Waals surface area (Å²) in [6, 6.07) is 6.35. The maximum atomic E-state index is 5.94. The topological polar surface area (TPSA) is 68.9 Å². The predicted molar refractivity (Wildman–Crippen MR) is 85.9 cm³/mol. The molecule has 0 aromatic heterocycles. The molecule has 21 heavy (non-hydrogen) atoms. The van der Waals surface area contributed by atoms with Crippen molar-refractivity contribution in [3.05, 3.63) is 29.3 Å². The summed E-state index contributed by atoms with van der Waals surface area (Å²) in [5.74, 6) is 0.448. The highest BCUT2D eigenvalue weighted by molar-refractivity contribution is 5.93. The minimum Gasteiger partial charge on any atom is -0.382 e. The van der Waals surface area contributed by atoms with Crippen LogP contribution in [0.5, 0.6) is 0 Å². The number of ether oxygens (including phenoxy) is 2. The molecule has 0 atom stereocenters. The summed E-state index contributed by atoms with van der Waals surface area (Å²) in [6.07, 6.45) is 4.80. The van der Waals surface area contributed by atoms with Gasteiger partial charge in [-0.3, -0.25) is 4.99 Å². The SMILES string of the molecule is COCCOCCN=C(N)Nc1cccc2c1CCCC2. The minimum atomic E-state index is 0.448. The number of hydrogen-bond acceptors (Lipinski definition) is 3. The first-order valence-corrected chi connectivity index (χ1v) is 7.55. The molecule has 1 aliphatic rings. The van der Waals surface area contributed by atoms with Gasteiger partial charge in [0.2, 0.25) is 0 Å². The number of nitrogens with one attached hydrogen (secondary N) is 1. The van der Waals surface area contributed by atoms with Crippen LogP contribution in [0.15, 0.2) is 23.2 Å². The minimum absolute atomic E-state index is 0.448. The average molecular weight is 291 g/mol. The Balaban J connectivity index is 1.83. The van der Waals surface area contributed by atoms with Crippen molar-refractivity contribution in [2.24, 2.45) is 10.7 Å². The third kappa shape index (κ3) is 5.02. The Labute approximate surface area is 126 Å². The van der Waals surface area contributed by atoms with Crippen molar-refractivity contribution >= 4 is 11.6 Å². The second-order valence-electron chi connectivity index (χ2n) is 5.15. The van der Waals surface area contributed by atoms with Gasteiger partial charge in [0.1, 0.15) is 0 Å². The highest BCUT2D eigenvalue weighted by atomic mass is 16.5. The molecule has 2 rings (SSSR count). The van der Waals surface area contributed by atoms with Crippen molar-refractivity contribution in [3.63, 3.8) is 0 Å². The van der Waals surface area contributed by atoms with Gasteiger partial charge < -0.3 is 20.5 Å². The van der Waals surface area contributed by atoms with Crippen LogP contribution in [0.2, 0.25) is 0 Å². The Morgan fingerprint density at radius 3 is 2.95 bits per heavy atom. The number of benzene rings is 1. The quantitative estimate of drug-likeness (QED) is 0.458. The van der Waals surface area contributed by atoms with Gasteiger partial charge in [0.05, 0.1) is 26.4 Å². The van der Waals surface area contributed by atoms with Gasteiger partial charge >= 0.3 is 0 Å². The number of fused-ring (bicyclic) bond motifs is 1. The van der Waals surface area contributed by atoms with Crippen LogP contribution in [-0.2, 0) is 22.3 Å². The van der Waals surface area contributed by atoms with E-state index in [4.69, 9.17) is 15.2 Å². The molecule has 116 valence electrons. The Morgan fingerprint density at radius 1 is 1.24 bits per heavy atom. The summed E-state index contributed by atoms with van der Waals surface area (Å²) >= 11 is 0. The Kier molecular flexibility index (Phi) is 6.50. The van der Waals surface area contributed by atoms with E-state index in [-0.39, 0.29) is 0 Å². The van der Waals surface area contributed by atoms with Crippen molar-refractivity contribution in [2.45, 2.75) is 25.7 Å². The van der Waals surface area contributed by atoms with Crippen LogP contribution in [-0.4, -0.2) is 39.4 Å². The van der Waals surface area contributed by atoms with Gasteiger partial charge in [-0.25, -0.2) is 0 Å². The van der Waals surface area contributed by atoms with Crippen LogP contribution in [0.25, 0.3) is 0 Å². The molecule has 0 aliphatic heterocycles. The van der Waals surface area contributed by atoms with Crippen LogP contribution >= 0.6 is 0 Å². The fraction of sp³-hybridized carbons (Fsp3) is 0.562. The maximum Gasteiger partial charge on any atom is 0.193 e. The van der Waals surface area contributed by atoms with Crippen LogP contribution < -0.4 is 11.1 Å². The number of anilines is 1. The summed E-state index contributed by atoms with van der Waals surface area (Å²) in [7, 11) is 1.66. The van der Waals surface area contributed by atoms with E-state index in [0.717, 1.165) is 18.5 Å². The molecule has 1 aliphatic carbocycles. The predicted octanol–water partition coefficient (Wildman–Crippen LogP) is 1.95. The smallest absolute Gasteiger partial charge is 0.193 e. The lowest BCUT2D eigenvalue weighted by molar-refractivity contribution is 0.0748. The third-order valence-corrected chi connectivity index (χ3v) is 3.61.